The van der Waals surface area contributed by atoms with Crippen molar-refractivity contribution in [3.8, 4) is 17.1 Å². The highest BCUT2D eigenvalue weighted by atomic mass is 32.2. The molecule has 0 saturated heterocycles. The van der Waals surface area contributed by atoms with Crippen LogP contribution in [0.15, 0.2) is 29.4 Å². The molecule has 1 heterocycles. The van der Waals surface area contributed by atoms with E-state index in [-0.39, 0.29) is 11.5 Å². The molecule has 7 heteroatoms. The molecule has 6 nitrogen and oxygen atoms in total. The number of carboxylic acid groups (broad SMARTS) is 1. The van der Waals surface area contributed by atoms with Crippen LogP contribution in [0.4, 0.5) is 0 Å². The molecule has 0 saturated carbocycles. The van der Waals surface area contributed by atoms with Gasteiger partial charge in [0.25, 0.3) is 0 Å². The zero-order valence-corrected chi connectivity index (χ0v) is 12.7. The van der Waals surface area contributed by atoms with Gasteiger partial charge in [0.1, 0.15) is 5.75 Å². The van der Waals surface area contributed by atoms with Crippen molar-refractivity contribution in [1.82, 2.24) is 14.8 Å². The number of phenols is 1. The van der Waals surface area contributed by atoms with Gasteiger partial charge in [0.15, 0.2) is 11.0 Å². The van der Waals surface area contributed by atoms with E-state index in [4.69, 9.17) is 5.11 Å². The summed E-state index contributed by atoms with van der Waals surface area (Å²) in [5, 5.41) is 27.2. The molecule has 2 rings (SSSR count). The van der Waals surface area contributed by atoms with E-state index < -0.39 is 5.97 Å². The Morgan fingerprint density at radius 3 is 2.76 bits per heavy atom. The zero-order valence-electron chi connectivity index (χ0n) is 11.9. The van der Waals surface area contributed by atoms with Gasteiger partial charge in [0.2, 0.25) is 0 Å². The van der Waals surface area contributed by atoms with Crippen molar-refractivity contribution < 1.29 is 15.0 Å². The minimum atomic E-state index is -0.891. The zero-order chi connectivity index (χ0) is 15.4. The van der Waals surface area contributed by atoms with Crippen LogP contribution in [0.5, 0.6) is 5.75 Å². The van der Waals surface area contributed by atoms with E-state index in [0.717, 1.165) is 17.3 Å². The minimum Gasteiger partial charge on any atom is -0.508 e. The molecule has 21 heavy (non-hydrogen) atoms. The summed E-state index contributed by atoms with van der Waals surface area (Å²) in [5.41, 5.74) is 0.755. The summed E-state index contributed by atoms with van der Waals surface area (Å²) in [6.45, 7) is 4.82. The van der Waals surface area contributed by atoms with E-state index >= 15 is 0 Å². The van der Waals surface area contributed by atoms with Crippen LogP contribution in [0.2, 0.25) is 0 Å². The van der Waals surface area contributed by atoms with Gasteiger partial charge in [0, 0.05) is 12.1 Å². The lowest BCUT2D eigenvalue weighted by atomic mass is 10.2. The van der Waals surface area contributed by atoms with Crippen molar-refractivity contribution in [1.29, 1.82) is 0 Å². The number of nitrogens with zero attached hydrogens (tertiary/aromatic N) is 3. The second-order valence-corrected chi connectivity index (χ2v) is 5.99. The molecule has 0 unspecified atom stereocenters. The summed E-state index contributed by atoms with van der Waals surface area (Å²) in [5.74, 6) is 0.203. The first-order valence-corrected chi connectivity index (χ1v) is 7.53. The summed E-state index contributed by atoms with van der Waals surface area (Å²) < 4.78 is 1.90. The monoisotopic (exact) mass is 307 g/mol. The van der Waals surface area contributed by atoms with Crippen molar-refractivity contribution in [2.45, 2.75) is 25.5 Å². The first-order chi connectivity index (χ1) is 9.97. The van der Waals surface area contributed by atoms with Crippen molar-refractivity contribution in [2.75, 3.05) is 5.75 Å². The van der Waals surface area contributed by atoms with Crippen molar-refractivity contribution in [3.63, 3.8) is 0 Å². The Hall–Kier alpha value is -2.02. The maximum Gasteiger partial charge on any atom is 0.313 e. The number of phenolic OH excluding ortho intramolecular Hbond substituents is 1. The summed E-state index contributed by atoms with van der Waals surface area (Å²) >= 11 is 1.14. The molecule has 0 aliphatic heterocycles. The average molecular weight is 307 g/mol. The number of aromatic hydroxyl groups is 1. The van der Waals surface area contributed by atoms with E-state index in [2.05, 4.69) is 24.0 Å². The Morgan fingerprint density at radius 1 is 1.38 bits per heavy atom. The van der Waals surface area contributed by atoms with Gasteiger partial charge in [-0.3, -0.25) is 4.79 Å². The number of aromatic nitrogens is 3. The minimum absolute atomic E-state index is 0.0593. The van der Waals surface area contributed by atoms with Crippen molar-refractivity contribution >= 4 is 17.7 Å². The molecule has 0 aliphatic rings. The molecule has 2 aromatic rings. The molecule has 2 N–H and O–H groups in total. The number of carboxylic acids is 1. The Bertz CT molecular complexity index is 640. The second-order valence-electron chi connectivity index (χ2n) is 5.04. The second kappa shape index (κ2) is 6.62. The average Bonchev–Trinajstić information content (AvgIpc) is 2.78. The van der Waals surface area contributed by atoms with Crippen LogP contribution in [0.25, 0.3) is 11.4 Å². The standard InChI is InChI=1S/C14H17N3O3S/c1-9(2)7-17-13(10-4-3-5-11(18)6-10)15-16-14(17)21-8-12(19)20/h3-6,9,18H,7-8H2,1-2H3,(H,19,20). The normalized spacial score (nSPS) is 11.0. The van der Waals surface area contributed by atoms with Gasteiger partial charge in [-0.05, 0) is 18.1 Å². The van der Waals surface area contributed by atoms with E-state index in [1.165, 1.54) is 0 Å². The highest BCUT2D eigenvalue weighted by molar-refractivity contribution is 7.99. The van der Waals surface area contributed by atoms with Gasteiger partial charge in [-0.1, -0.05) is 37.7 Å². The number of hydrogen-bond donors (Lipinski definition) is 2. The molecular weight excluding hydrogens is 290 g/mol. The first-order valence-electron chi connectivity index (χ1n) is 6.54. The fraction of sp³-hybridized carbons (Fsp3) is 0.357. The summed E-state index contributed by atoms with van der Waals surface area (Å²) in [6.07, 6.45) is 0. The number of aliphatic carboxylic acids is 1. The fourth-order valence-corrected chi connectivity index (χ4v) is 2.58. The van der Waals surface area contributed by atoms with E-state index in [1.54, 1.807) is 18.2 Å². The molecule has 1 aromatic carbocycles. The highest BCUT2D eigenvalue weighted by Crippen LogP contribution is 2.27. The van der Waals surface area contributed by atoms with Crippen molar-refractivity contribution in [2.24, 2.45) is 5.92 Å². The quantitative estimate of drug-likeness (QED) is 0.797. The van der Waals surface area contributed by atoms with Gasteiger partial charge in [-0.2, -0.15) is 0 Å². The molecular formula is C14H17N3O3S. The van der Waals surface area contributed by atoms with Crippen LogP contribution < -0.4 is 0 Å². The third-order valence-corrected chi connectivity index (χ3v) is 3.65. The topological polar surface area (TPSA) is 88.2 Å². The number of carbonyl (C=O) groups is 1. The van der Waals surface area contributed by atoms with Crippen molar-refractivity contribution in [3.05, 3.63) is 24.3 Å². The lowest BCUT2D eigenvalue weighted by Gasteiger charge is -2.12. The third-order valence-electron chi connectivity index (χ3n) is 2.69. The van der Waals surface area contributed by atoms with Crippen LogP contribution in [-0.2, 0) is 11.3 Å². The molecule has 1 aromatic heterocycles. The van der Waals surface area contributed by atoms with Gasteiger partial charge in [-0.15, -0.1) is 10.2 Å². The Labute approximate surface area is 126 Å². The number of thioether (sulfide) groups is 1. The van der Waals surface area contributed by atoms with Gasteiger partial charge in [0.05, 0.1) is 5.75 Å². The van der Waals surface area contributed by atoms with Crippen LogP contribution in [-0.4, -0.2) is 36.7 Å². The van der Waals surface area contributed by atoms with E-state index in [9.17, 15) is 9.90 Å². The number of hydrogen-bond acceptors (Lipinski definition) is 5. The van der Waals surface area contributed by atoms with Crippen LogP contribution in [0.1, 0.15) is 13.8 Å². The van der Waals surface area contributed by atoms with Crippen LogP contribution in [0, 0.1) is 5.92 Å². The number of rotatable bonds is 6. The molecule has 0 radical (unpaired) electrons. The van der Waals surface area contributed by atoms with E-state index in [1.807, 2.05) is 10.6 Å². The first kappa shape index (κ1) is 15.4. The molecule has 0 atom stereocenters. The Kier molecular flexibility index (Phi) is 4.85. The molecule has 0 bridgehead atoms. The van der Waals surface area contributed by atoms with Gasteiger partial charge >= 0.3 is 5.97 Å². The Balaban J connectivity index is 2.38. The smallest absolute Gasteiger partial charge is 0.313 e. The predicted molar refractivity (Wildman–Crippen MR) is 80.3 cm³/mol. The molecule has 0 fully saturated rings. The third kappa shape index (κ3) is 3.98. The summed E-state index contributed by atoms with van der Waals surface area (Å²) in [6, 6.07) is 6.79. The van der Waals surface area contributed by atoms with Gasteiger partial charge in [-0.25, -0.2) is 0 Å². The molecule has 0 aliphatic carbocycles. The summed E-state index contributed by atoms with van der Waals surface area (Å²) in [4.78, 5) is 10.7. The van der Waals surface area contributed by atoms with E-state index in [0.29, 0.717) is 23.4 Å². The predicted octanol–water partition coefficient (Wildman–Crippen LogP) is 2.48. The molecule has 112 valence electrons. The number of benzene rings is 1. The maximum atomic E-state index is 10.7. The molecule has 0 amide bonds. The highest BCUT2D eigenvalue weighted by Gasteiger charge is 2.16. The SMILES string of the molecule is CC(C)Cn1c(SCC(=O)O)nnc1-c1cccc(O)c1. The lowest BCUT2D eigenvalue weighted by molar-refractivity contribution is -0.133. The Morgan fingerprint density at radius 2 is 2.14 bits per heavy atom. The lowest BCUT2D eigenvalue weighted by Crippen LogP contribution is -2.09. The van der Waals surface area contributed by atoms with Crippen LogP contribution in [0.3, 0.4) is 0 Å². The largest absolute Gasteiger partial charge is 0.508 e. The van der Waals surface area contributed by atoms with Crippen LogP contribution >= 0.6 is 11.8 Å². The van der Waals surface area contributed by atoms with Gasteiger partial charge < -0.3 is 14.8 Å². The molecule has 0 spiro atoms. The maximum absolute atomic E-state index is 10.7. The summed E-state index contributed by atoms with van der Waals surface area (Å²) in [7, 11) is 0. The fourth-order valence-electron chi connectivity index (χ4n) is 1.91.